The Labute approximate surface area is 119 Å². The predicted molar refractivity (Wildman–Crippen MR) is 80.1 cm³/mol. The summed E-state index contributed by atoms with van der Waals surface area (Å²) in [5.74, 6) is 0.192. The van der Waals surface area contributed by atoms with Crippen molar-refractivity contribution in [1.82, 2.24) is 9.88 Å². The van der Waals surface area contributed by atoms with Gasteiger partial charge in [0, 0.05) is 24.7 Å². The van der Waals surface area contributed by atoms with Crippen molar-refractivity contribution in [2.75, 3.05) is 13.1 Å². The largest absolute Gasteiger partial charge is 0.298 e. The zero-order chi connectivity index (χ0) is 13.9. The van der Waals surface area contributed by atoms with Crippen LogP contribution in [0.3, 0.4) is 0 Å². The van der Waals surface area contributed by atoms with Gasteiger partial charge in [-0.05, 0) is 49.6 Å². The Balaban J connectivity index is 1.90. The second-order valence-electron chi connectivity index (χ2n) is 5.63. The first-order chi connectivity index (χ1) is 9.78. The van der Waals surface area contributed by atoms with E-state index >= 15 is 0 Å². The fourth-order valence-corrected chi connectivity index (χ4v) is 3.06. The molecule has 20 heavy (non-hydrogen) atoms. The number of aryl methyl sites for hydroxylation is 1. The summed E-state index contributed by atoms with van der Waals surface area (Å²) in [6.07, 6.45) is 4.01. The van der Waals surface area contributed by atoms with Gasteiger partial charge in [-0.2, -0.15) is 5.26 Å². The van der Waals surface area contributed by atoms with Crippen LogP contribution < -0.4 is 0 Å². The fraction of sp³-hybridized carbons (Fsp3) is 0.412. The minimum Gasteiger partial charge on any atom is -0.298 e. The smallest absolute Gasteiger partial charge is 0.0705 e. The average molecular weight is 265 g/mol. The molecule has 0 bridgehead atoms. The molecule has 1 aliphatic rings. The van der Waals surface area contributed by atoms with Crippen molar-refractivity contribution >= 4 is 10.9 Å². The number of hydrogen-bond acceptors (Lipinski definition) is 3. The molecule has 1 unspecified atom stereocenters. The summed E-state index contributed by atoms with van der Waals surface area (Å²) in [6, 6.07) is 10.8. The third-order valence-electron chi connectivity index (χ3n) is 4.20. The van der Waals surface area contributed by atoms with E-state index in [0.29, 0.717) is 0 Å². The van der Waals surface area contributed by atoms with E-state index in [-0.39, 0.29) is 5.92 Å². The lowest BCUT2D eigenvalue weighted by atomic mass is 9.97. The number of hydrogen-bond donors (Lipinski definition) is 0. The van der Waals surface area contributed by atoms with Crippen molar-refractivity contribution in [3.63, 3.8) is 0 Å². The molecule has 0 aliphatic carbocycles. The molecule has 2 heterocycles. The van der Waals surface area contributed by atoms with Crippen molar-refractivity contribution in [2.45, 2.75) is 26.3 Å². The first kappa shape index (κ1) is 13.1. The second-order valence-corrected chi connectivity index (χ2v) is 5.63. The van der Waals surface area contributed by atoms with Crippen LogP contribution in [-0.4, -0.2) is 23.0 Å². The van der Waals surface area contributed by atoms with Gasteiger partial charge in [-0.15, -0.1) is 0 Å². The molecule has 0 amide bonds. The molecule has 0 N–H and O–H groups in total. The summed E-state index contributed by atoms with van der Waals surface area (Å²) >= 11 is 0. The van der Waals surface area contributed by atoms with Gasteiger partial charge in [0.1, 0.15) is 0 Å². The van der Waals surface area contributed by atoms with Gasteiger partial charge in [0.05, 0.1) is 17.5 Å². The van der Waals surface area contributed by atoms with Crippen LogP contribution >= 0.6 is 0 Å². The first-order valence-electron chi connectivity index (χ1n) is 7.23. The summed E-state index contributed by atoms with van der Waals surface area (Å²) < 4.78 is 0. The number of nitriles is 1. The molecule has 0 saturated carbocycles. The van der Waals surface area contributed by atoms with Crippen LogP contribution in [0, 0.1) is 24.2 Å². The molecule has 1 aliphatic heterocycles. The Morgan fingerprint density at radius 1 is 1.40 bits per heavy atom. The maximum absolute atomic E-state index is 9.11. The highest BCUT2D eigenvalue weighted by atomic mass is 15.1. The van der Waals surface area contributed by atoms with E-state index in [2.05, 4.69) is 41.1 Å². The average Bonchev–Trinajstić information content (AvgIpc) is 2.50. The fourth-order valence-electron chi connectivity index (χ4n) is 3.06. The van der Waals surface area contributed by atoms with E-state index in [9.17, 15) is 0 Å². The lowest BCUT2D eigenvalue weighted by Gasteiger charge is -2.30. The normalized spacial score (nSPS) is 19.9. The molecule has 102 valence electrons. The Kier molecular flexibility index (Phi) is 3.66. The number of benzene rings is 1. The molecule has 1 atom stereocenters. The van der Waals surface area contributed by atoms with Gasteiger partial charge in [-0.1, -0.05) is 12.1 Å². The monoisotopic (exact) mass is 265 g/mol. The molecule has 0 spiro atoms. The third kappa shape index (κ3) is 2.52. The highest BCUT2D eigenvalue weighted by molar-refractivity contribution is 5.83. The minimum absolute atomic E-state index is 0.192. The SMILES string of the molecule is Cc1ccc2ncccc2c1CN1CCCC(C#N)C1. The van der Waals surface area contributed by atoms with Gasteiger partial charge < -0.3 is 0 Å². The molecule has 1 fully saturated rings. The topological polar surface area (TPSA) is 39.9 Å². The molecule has 2 aromatic rings. The third-order valence-corrected chi connectivity index (χ3v) is 4.20. The van der Waals surface area contributed by atoms with Crippen LogP contribution in [0.25, 0.3) is 10.9 Å². The molecule has 3 heteroatoms. The standard InChI is InChI=1S/C17H19N3/c1-13-6-7-17-15(5-2-8-19-17)16(13)12-20-9-3-4-14(10-18)11-20/h2,5-8,14H,3-4,9,11-12H2,1H3. The van der Waals surface area contributed by atoms with Crippen molar-refractivity contribution in [2.24, 2.45) is 5.92 Å². The number of fused-ring (bicyclic) bond motifs is 1. The van der Waals surface area contributed by atoms with Gasteiger partial charge in [0.15, 0.2) is 0 Å². The molecule has 1 aromatic heterocycles. The van der Waals surface area contributed by atoms with Crippen LogP contribution in [-0.2, 0) is 6.54 Å². The van der Waals surface area contributed by atoms with Crippen molar-refractivity contribution in [1.29, 1.82) is 5.26 Å². The summed E-state index contributed by atoms with van der Waals surface area (Å²) in [4.78, 5) is 6.85. The highest BCUT2D eigenvalue weighted by Gasteiger charge is 2.20. The number of pyridine rings is 1. The Morgan fingerprint density at radius 3 is 3.15 bits per heavy atom. The number of piperidine rings is 1. The molecule has 0 radical (unpaired) electrons. The van der Waals surface area contributed by atoms with Crippen LogP contribution in [0.15, 0.2) is 30.5 Å². The highest BCUT2D eigenvalue weighted by Crippen LogP contribution is 2.24. The van der Waals surface area contributed by atoms with Crippen molar-refractivity contribution < 1.29 is 0 Å². The molecule has 3 nitrogen and oxygen atoms in total. The summed E-state index contributed by atoms with van der Waals surface area (Å²) in [5.41, 5.74) is 3.72. The van der Waals surface area contributed by atoms with Crippen LogP contribution in [0.5, 0.6) is 0 Å². The van der Waals surface area contributed by atoms with E-state index in [1.807, 2.05) is 12.3 Å². The van der Waals surface area contributed by atoms with Crippen LogP contribution in [0.4, 0.5) is 0 Å². The molecule has 3 rings (SSSR count). The van der Waals surface area contributed by atoms with E-state index < -0.39 is 0 Å². The first-order valence-corrected chi connectivity index (χ1v) is 7.23. The van der Waals surface area contributed by atoms with Gasteiger partial charge in [0.25, 0.3) is 0 Å². The zero-order valence-electron chi connectivity index (χ0n) is 11.8. The lowest BCUT2D eigenvalue weighted by Crippen LogP contribution is -2.34. The summed E-state index contributed by atoms with van der Waals surface area (Å²) in [5, 5.41) is 10.4. The lowest BCUT2D eigenvalue weighted by molar-refractivity contribution is 0.192. The van der Waals surface area contributed by atoms with Crippen LogP contribution in [0.1, 0.15) is 24.0 Å². The van der Waals surface area contributed by atoms with Crippen LogP contribution in [0.2, 0.25) is 0 Å². The molecular formula is C17H19N3. The Bertz CT molecular complexity index is 657. The number of rotatable bonds is 2. The van der Waals surface area contributed by atoms with Crippen molar-refractivity contribution in [3.05, 3.63) is 41.6 Å². The minimum atomic E-state index is 0.192. The predicted octanol–water partition coefficient (Wildman–Crippen LogP) is 3.28. The second kappa shape index (κ2) is 5.60. The molecule has 1 saturated heterocycles. The van der Waals surface area contributed by atoms with E-state index in [4.69, 9.17) is 5.26 Å². The van der Waals surface area contributed by atoms with Gasteiger partial charge in [-0.25, -0.2) is 0 Å². The summed E-state index contributed by atoms with van der Waals surface area (Å²) in [7, 11) is 0. The molecular weight excluding hydrogens is 246 g/mol. The van der Waals surface area contributed by atoms with Gasteiger partial charge in [0.2, 0.25) is 0 Å². The zero-order valence-corrected chi connectivity index (χ0v) is 11.8. The van der Waals surface area contributed by atoms with E-state index in [1.54, 1.807) is 0 Å². The van der Waals surface area contributed by atoms with E-state index in [0.717, 1.165) is 38.0 Å². The van der Waals surface area contributed by atoms with Gasteiger partial charge >= 0.3 is 0 Å². The maximum Gasteiger partial charge on any atom is 0.0705 e. The van der Waals surface area contributed by atoms with E-state index in [1.165, 1.54) is 16.5 Å². The quantitative estimate of drug-likeness (QED) is 0.836. The maximum atomic E-state index is 9.11. The number of likely N-dealkylation sites (tertiary alicyclic amines) is 1. The number of nitrogens with zero attached hydrogens (tertiary/aromatic N) is 3. The van der Waals surface area contributed by atoms with Gasteiger partial charge in [-0.3, -0.25) is 9.88 Å². The summed E-state index contributed by atoms with van der Waals surface area (Å²) in [6.45, 7) is 5.07. The Hall–Kier alpha value is -1.92. The van der Waals surface area contributed by atoms with Crippen molar-refractivity contribution in [3.8, 4) is 6.07 Å². The molecule has 1 aromatic carbocycles. The number of aromatic nitrogens is 1. The Morgan fingerprint density at radius 2 is 2.30 bits per heavy atom.